The molecule has 0 atom stereocenters. The molecular weight excluding hydrogens is 364 g/mol. The van der Waals surface area contributed by atoms with Crippen LogP contribution in [0.2, 0.25) is 0 Å². The van der Waals surface area contributed by atoms with Crippen LogP contribution < -0.4 is 16.0 Å². The molecule has 8 nitrogen and oxygen atoms in total. The van der Waals surface area contributed by atoms with Crippen molar-refractivity contribution in [3.05, 3.63) is 50.0 Å². The summed E-state index contributed by atoms with van der Waals surface area (Å²) in [4.78, 5) is 20.6. The molecule has 0 aliphatic carbocycles. The van der Waals surface area contributed by atoms with Crippen molar-refractivity contribution in [2.45, 2.75) is 27.2 Å². The van der Waals surface area contributed by atoms with Crippen LogP contribution in [0.4, 0.5) is 11.4 Å². The summed E-state index contributed by atoms with van der Waals surface area (Å²) in [5.41, 5.74) is 2.03. The average Bonchev–Trinajstić information content (AvgIpc) is 2.96. The Labute approximate surface area is 163 Å². The minimum absolute atomic E-state index is 0.0888. The van der Waals surface area contributed by atoms with E-state index in [0.29, 0.717) is 19.6 Å². The number of rotatable bonds is 9. The smallest absolute Gasteiger partial charge is 0.269 e. The minimum atomic E-state index is -0.404. The molecule has 1 aromatic carbocycles. The van der Waals surface area contributed by atoms with Gasteiger partial charge in [0.25, 0.3) is 5.69 Å². The maximum Gasteiger partial charge on any atom is 0.269 e. The SMILES string of the molecule is CCNC(=NCCc1nc(C)c(C)s1)NCCNc1ccc([N+](=O)[O-])cc1. The van der Waals surface area contributed by atoms with Crippen LogP contribution in [-0.4, -0.2) is 42.0 Å². The number of thiazole rings is 1. The third-order valence-corrected chi connectivity index (χ3v) is 4.97. The molecule has 0 saturated carbocycles. The first-order valence-electron chi connectivity index (χ1n) is 8.93. The van der Waals surface area contributed by atoms with E-state index in [9.17, 15) is 10.1 Å². The van der Waals surface area contributed by atoms with E-state index in [2.05, 4.69) is 32.9 Å². The fourth-order valence-corrected chi connectivity index (χ4v) is 3.26. The maximum atomic E-state index is 10.7. The van der Waals surface area contributed by atoms with Crippen molar-refractivity contribution in [1.29, 1.82) is 0 Å². The zero-order valence-corrected chi connectivity index (χ0v) is 16.7. The highest BCUT2D eigenvalue weighted by molar-refractivity contribution is 7.11. The molecule has 27 heavy (non-hydrogen) atoms. The van der Waals surface area contributed by atoms with Crippen molar-refractivity contribution in [1.82, 2.24) is 15.6 Å². The third kappa shape index (κ3) is 6.86. The number of anilines is 1. The predicted octanol–water partition coefficient (Wildman–Crippen LogP) is 2.88. The Kier molecular flexibility index (Phi) is 8.00. The number of hydrogen-bond donors (Lipinski definition) is 3. The van der Waals surface area contributed by atoms with Gasteiger partial charge in [0, 0.05) is 55.3 Å². The standard InChI is InChI=1S/C18H26N6O2S/c1-4-19-18(21-10-9-17-23-13(2)14(3)27-17)22-12-11-20-15-5-7-16(8-6-15)24(25)26/h5-8,20H,4,9-12H2,1-3H3,(H2,19,21,22). The second-order valence-electron chi connectivity index (χ2n) is 5.92. The van der Waals surface area contributed by atoms with E-state index in [0.717, 1.165) is 35.3 Å². The highest BCUT2D eigenvalue weighted by Gasteiger charge is 2.04. The normalized spacial score (nSPS) is 11.3. The van der Waals surface area contributed by atoms with Gasteiger partial charge in [0.05, 0.1) is 15.6 Å². The van der Waals surface area contributed by atoms with Crippen LogP contribution in [0, 0.1) is 24.0 Å². The fourth-order valence-electron chi connectivity index (χ4n) is 2.34. The van der Waals surface area contributed by atoms with Gasteiger partial charge in [0.15, 0.2) is 5.96 Å². The van der Waals surface area contributed by atoms with Crippen LogP contribution >= 0.6 is 11.3 Å². The lowest BCUT2D eigenvalue weighted by Gasteiger charge is -2.12. The number of aryl methyl sites for hydroxylation is 2. The van der Waals surface area contributed by atoms with E-state index in [1.807, 2.05) is 13.8 Å². The second-order valence-corrected chi connectivity index (χ2v) is 7.21. The van der Waals surface area contributed by atoms with Gasteiger partial charge >= 0.3 is 0 Å². The first kappa shape index (κ1) is 20.6. The van der Waals surface area contributed by atoms with Gasteiger partial charge in [0.1, 0.15) is 0 Å². The number of nitrogens with one attached hydrogen (secondary N) is 3. The number of guanidine groups is 1. The van der Waals surface area contributed by atoms with E-state index >= 15 is 0 Å². The molecule has 0 bridgehead atoms. The first-order chi connectivity index (χ1) is 13.0. The quantitative estimate of drug-likeness (QED) is 0.200. The molecule has 0 fully saturated rings. The third-order valence-electron chi connectivity index (χ3n) is 3.84. The van der Waals surface area contributed by atoms with Crippen molar-refractivity contribution in [3.63, 3.8) is 0 Å². The van der Waals surface area contributed by atoms with E-state index < -0.39 is 4.92 Å². The molecule has 9 heteroatoms. The summed E-state index contributed by atoms with van der Waals surface area (Å²) in [6, 6.07) is 6.39. The van der Waals surface area contributed by atoms with Crippen molar-refractivity contribution in [3.8, 4) is 0 Å². The monoisotopic (exact) mass is 390 g/mol. The van der Waals surface area contributed by atoms with Crippen molar-refractivity contribution < 1.29 is 4.92 Å². The maximum absolute atomic E-state index is 10.7. The van der Waals surface area contributed by atoms with E-state index in [1.54, 1.807) is 23.5 Å². The van der Waals surface area contributed by atoms with Crippen molar-refractivity contribution in [2.24, 2.45) is 4.99 Å². The highest BCUT2D eigenvalue weighted by atomic mass is 32.1. The summed E-state index contributed by atoms with van der Waals surface area (Å²) >= 11 is 1.73. The van der Waals surface area contributed by atoms with Crippen LogP contribution in [-0.2, 0) is 6.42 Å². The van der Waals surface area contributed by atoms with E-state index in [-0.39, 0.29) is 5.69 Å². The molecule has 0 aliphatic heterocycles. The summed E-state index contributed by atoms with van der Waals surface area (Å²) in [5, 5.41) is 21.5. The number of nitrogens with zero attached hydrogens (tertiary/aromatic N) is 3. The predicted molar refractivity (Wildman–Crippen MR) is 111 cm³/mol. The summed E-state index contributed by atoms with van der Waals surface area (Å²) in [7, 11) is 0. The van der Waals surface area contributed by atoms with Crippen molar-refractivity contribution >= 4 is 28.7 Å². The molecule has 1 aromatic heterocycles. The first-order valence-corrected chi connectivity index (χ1v) is 9.74. The average molecular weight is 391 g/mol. The Bertz CT molecular complexity index is 753. The fraction of sp³-hybridized carbons (Fsp3) is 0.444. The Morgan fingerprint density at radius 3 is 2.56 bits per heavy atom. The zero-order valence-electron chi connectivity index (χ0n) is 15.9. The number of aromatic nitrogens is 1. The molecule has 2 rings (SSSR count). The number of non-ortho nitro benzene ring substituents is 1. The van der Waals surface area contributed by atoms with Gasteiger partial charge < -0.3 is 16.0 Å². The molecule has 0 spiro atoms. The number of hydrogen-bond acceptors (Lipinski definition) is 6. The van der Waals surface area contributed by atoms with E-state index in [1.165, 1.54) is 17.0 Å². The summed E-state index contributed by atoms with van der Waals surface area (Å²) in [6.45, 7) is 8.96. The van der Waals surface area contributed by atoms with Gasteiger partial charge in [0.2, 0.25) is 0 Å². The Balaban J connectivity index is 1.75. The lowest BCUT2D eigenvalue weighted by atomic mass is 10.3. The molecule has 3 N–H and O–H groups in total. The topological polar surface area (TPSA) is 104 Å². The molecule has 0 unspecified atom stereocenters. The van der Waals surface area contributed by atoms with Gasteiger partial charge in [-0.15, -0.1) is 11.3 Å². The number of benzene rings is 1. The van der Waals surface area contributed by atoms with Crippen LogP contribution in [0.25, 0.3) is 0 Å². The van der Waals surface area contributed by atoms with Gasteiger partial charge in [-0.2, -0.15) is 0 Å². The van der Waals surface area contributed by atoms with Crippen molar-refractivity contribution in [2.75, 3.05) is 31.5 Å². The highest BCUT2D eigenvalue weighted by Crippen LogP contribution is 2.17. The number of aliphatic imine (C=N–C) groups is 1. The Morgan fingerprint density at radius 2 is 1.96 bits per heavy atom. The van der Waals surface area contributed by atoms with Gasteiger partial charge in [-0.3, -0.25) is 15.1 Å². The number of nitro groups is 1. The molecule has 0 saturated heterocycles. The van der Waals surface area contributed by atoms with E-state index in [4.69, 9.17) is 0 Å². The summed E-state index contributed by atoms with van der Waals surface area (Å²) < 4.78 is 0. The van der Waals surface area contributed by atoms with Crippen LogP contribution in [0.15, 0.2) is 29.3 Å². The molecule has 0 radical (unpaired) electrons. The molecular formula is C18H26N6O2S. The lowest BCUT2D eigenvalue weighted by molar-refractivity contribution is -0.384. The van der Waals surface area contributed by atoms with Crippen LogP contribution in [0.1, 0.15) is 22.5 Å². The summed E-state index contributed by atoms with van der Waals surface area (Å²) in [6.07, 6.45) is 0.830. The lowest BCUT2D eigenvalue weighted by Crippen LogP contribution is -2.39. The van der Waals surface area contributed by atoms with Gasteiger partial charge in [-0.05, 0) is 32.9 Å². The number of nitro benzene ring substituents is 1. The van der Waals surface area contributed by atoms with Gasteiger partial charge in [-0.1, -0.05) is 0 Å². The summed E-state index contributed by atoms with van der Waals surface area (Å²) in [5.74, 6) is 0.771. The van der Waals surface area contributed by atoms with Crippen LogP contribution in [0.3, 0.4) is 0 Å². The molecule has 1 heterocycles. The molecule has 2 aromatic rings. The zero-order chi connectivity index (χ0) is 19.6. The second kappa shape index (κ2) is 10.5. The van der Waals surface area contributed by atoms with Crippen LogP contribution in [0.5, 0.6) is 0 Å². The molecule has 0 amide bonds. The minimum Gasteiger partial charge on any atom is -0.383 e. The van der Waals surface area contributed by atoms with Gasteiger partial charge in [-0.25, -0.2) is 4.98 Å². The molecule has 0 aliphatic rings. The Hall–Kier alpha value is -2.68. The largest absolute Gasteiger partial charge is 0.383 e. The Morgan fingerprint density at radius 1 is 1.22 bits per heavy atom. The molecule has 146 valence electrons.